The van der Waals surface area contributed by atoms with E-state index in [1.807, 2.05) is 12.1 Å². The van der Waals surface area contributed by atoms with Crippen LogP contribution in [-0.4, -0.2) is 31.0 Å². The number of alkyl carbamates (subject to hydrolysis) is 1. The van der Waals surface area contributed by atoms with Crippen LogP contribution in [0.25, 0.3) is 0 Å². The number of hydrogen-bond donors (Lipinski definition) is 2. The van der Waals surface area contributed by atoms with Crippen molar-refractivity contribution in [2.45, 2.75) is 32.1 Å². The molecule has 0 fully saturated rings. The van der Waals surface area contributed by atoms with Crippen molar-refractivity contribution >= 4 is 29.3 Å². The molecule has 0 heterocycles. The van der Waals surface area contributed by atoms with Gasteiger partial charge in [-0.15, -0.1) is 0 Å². The quantitative estimate of drug-likeness (QED) is 0.707. The highest BCUT2D eigenvalue weighted by molar-refractivity contribution is 6.42. The van der Waals surface area contributed by atoms with E-state index in [1.165, 1.54) is 0 Å². The molecule has 0 saturated carbocycles. The van der Waals surface area contributed by atoms with Crippen molar-refractivity contribution < 1.29 is 14.6 Å². The molecule has 1 aromatic rings. The third-order valence-electron chi connectivity index (χ3n) is 3.14. The summed E-state index contributed by atoms with van der Waals surface area (Å²) in [7, 11) is 0. The second-order valence-electron chi connectivity index (χ2n) is 4.69. The Morgan fingerprint density at radius 1 is 1.33 bits per heavy atom. The maximum Gasteiger partial charge on any atom is 0.407 e. The van der Waals surface area contributed by atoms with Crippen molar-refractivity contribution in [1.29, 1.82) is 0 Å². The molecule has 1 unspecified atom stereocenters. The molecule has 0 saturated heterocycles. The number of hydrogen-bond acceptors (Lipinski definition) is 3. The lowest BCUT2D eigenvalue weighted by atomic mass is 9.93. The minimum absolute atomic E-state index is 0.107. The number of aliphatic hydroxyl groups excluding tert-OH is 1. The van der Waals surface area contributed by atoms with Gasteiger partial charge in [-0.3, -0.25) is 0 Å². The molecule has 6 heteroatoms. The molecule has 118 valence electrons. The lowest BCUT2D eigenvalue weighted by Crippen LogP contribution is -2.29. The first-order valence-electron chi connectivity index (χ1n) is 7.04. The summed E-state index contributed by atoms with van der Waals surface area (Å²) >= 11 is 12.0. The normalized spacial score (nSPS) is 12.0. The van der Waals surface area contributed by atoms with E-state index in [4.69, 9.17) is 33.0 Å². The molecule has 1 amide bonds. The van der Waals surface area contributed by atoms with Crippen LogP contribution in [0.4, 0.5) is 4.79 Å². The van der Waals surface area contributed by atoms with Gasteiger partial charge in [0.1, 0.15) is 0 Å². The lowest BCUT2D eigenvalue weighted by Gasteiger charge is -2.18. The minimum Gasteiger partial charge on any atom is -0.450 e. The second-order valence-corrected chi connectivity index (χ2v) is 5.51. The summed E-state index contributed by atoms with van der Waals surface area (Å²) in [4.78, 5) is 11.4. The average molecular weight is 334 g/mol. The van der Waals surface area contributed by atoms with Crippen molar-refractivity contribution in [1.82, 2.24) is 5.32 Å². The summed E-state index contributed by atoms with van der Waals surface area (Å²) in [6, 6.07) is 5.48. The van der Waals surface area contributed by atoms with Crippen LogP contribution in [0.3, 0.4) is 0 Å². The topological polar surface area (TPSA) is 58.6 Å². The number of aliphatic hydroxyl groups is 1. The summed E-state index contributed by atoms with van der Waals surface area (Å²) in [5, 5.41) is 12.6. The Morgan fingerprint density at radius 2 is 2.10 bits per heavy atom. The molecule has 0 bridgehead atoms. The summed E-state index contributed by atoms with van der Waals surface area (Å²) in [6.45, 7) is 2.73. The number of carbonyl (C=O) groups excluding carboxylic acids is 1. The number of ether oxygens (including phenoxy) is 1. The fraction of sp³-hybridized carbons (Fsp3) is 0.533. The molecule has 1 atom stereocenters. The zero-order chi connectivity index (χ0) is 15.7. The summed E-state index contributed by atoms with van der Waals surface area (Å²) in [5.41, 5.74) is 1.01. The monoisotopic (exact) mass is 333 g/mol. The van der Waals surface area contributed by atoms with Gasteiger partial charge in [-0.25, -0.2) is 4.79 Å². The third-order valence-corrected chi connectivity index (χ3v) is 3.88. The van der Waals surface area contributed by atoms with E-state index in [0.29, 0.717) is 23.2 Å². The summed E-state index contributed by atoms with van der Waals surface area (Å²) < 4.78 is 4.86. The first-order chi connectivity index (χ1) is 10.1. The maximum atomic E-state index is 11.4. The molecular weight excluding hydrogens is 313 g/mol. The van der Waals surface area contributed by atoms with E-state index in [9.17, 15) is 4.79 Å². The van der Waals surface area contributed by atoms with Crippen molar-refractivity contribution in [2.75, 3.05) is 19.8 Å². The highest BCUT2D eigenvalue weighted by Gasteiger charge is 2.14. The van der Waals surface area contributed by atoms with Gasteiger partial charge in [0.25, 0.3) is 0 Å². The number of amides is 1. The van der Waals surface area contributed by atoms with Crippen molar-refractivity contribution in [3.8, 4) is 0 Å². The van der Waals surface area contributed by atoms with E-state index in [0.717, 1.165) is 24.8 Å². The Morgan fingerprint density at radius 3 is 2.71 bits per heavy atom. The molecule has 0 aliphatic rings. The number of rotatable bonds is 8. The Bertz CT molecular complexity index is 455. The summed E-state index contributed by atoms with van der Waals surface area (Å²) in [5.74, 6) is 0.107. The molecule has 4 nitrogen and oxygen atoms in total. The molecule has 1 aromatic carbocycles. The van der Waals surface area contributed by atoms with Crippen molar-refractivity contribution in [2.24, 2.45) is 0 Å². The van der Waals surface area contributed by atoms with Crippen LogP contribution in [0.5, 0.6) is 0 Å². The molecule has 0 spiro atoms. The molecular formula is C15H21Cl2NO3. The van der Waals surface area contributed by atoms with Gasteiger partial charge in [0.05, 0.1) is 16.7 Å². The molecule has 0 aromatic heterocycles. The molecule has 0 radical (unpaired) electrons. The minimum atomic E-state index is -0.426. The number of halogens is 2. The Labute approximate surface area is 135 Å². The van der Waals surface area contributed by atoms with E-state index < -0.39 is 6.09 Å². The van der Waals surface area contributed by atoms with Crippen LogP contribution in [0.15, 0.2) is 18.2 Å². The standard InChI is InChI=1S/C15H21Cl2NO3/c1-2-21-15(20)18-10-12(5-3-4-8-19)11-6-7-13(16)14(17)9-11/h6-7,9,12,19H,2-5,8,10H2,1H3,(H,18,20). The van der Waals surface area contributed by atoms with Gasteiger partial charge >= 0.3 is 6.09 Å². The van der Waals surface area contributed by atoms with Crippen LogP contribution < -0.4 is 5.32 Å². The Hall–Kier alpha value is -0.970. The van der Waals surface area contributed by atoms with Gasteiger partial charge in [-0.2, -0.15) is 0 Å². The van der Waals surface area contributed by atoms with E-state index in [1.54, 1.807) is 13.0 Å². The number of nitrogens with one attached hydrogen (secondary N) is 1. The van der Waals surface area contributed by atoms with Crippen LogP contribution in [-0.2, 0) is 4.74 Å². The van der Waals surface area contributed by atoms with E-state index >= 15 is 0 Å². The molecule has 0 aliphatic heterocycles. The van der Waals surface area contributed by atoms with Crippen LogP contribution in [0.2, 0.25) is 10.0 Å². The lowest BCUT2D eigenvalue weighted by molar-refractivity contribution is 0.151. The van der Waals surface area contributed by atoms with E-state index in [-0.39, 0.29) is 12.5 Å². The first-order valence-corrected chi connectivity index (χ1v) is 7.80. The predicted molar refractivity (Wildman–Crippen MR) is 85.2 cm³/mol. The van der Waals surface area contributed by atoms with Gasteiger partial charge < -0.3 is 15.2 Å². The van der Waals surface area contributed by atoms with Gasteiger partial charge in [0, 0.05) is 19.1 Å². The molecule has 2 N–H and O–H groups in total. The van der Waals surface area contributed by atoms with Crippen molar-refractivity contribution in [3.05, 3.63) is 33.8 Å². The highest BCUT2D eigenvalue weighted by atomic mass is 35.5. The molecule has 21 heavy (non-hydrogen) atoms. The Balaban J connectivity index is 2.70. The largest absolute Gasteiger partial charge is 0.450 e. The number of unbranched alkanes of at least 4 members (excludes halogenated alkanes) is 1. The Kier molecular flexibility index (Phi) is 8.50. The fourth-order valence-electron chi connectivity index (χ4n) is 2.04. The number of carbonyl (C=O) groups is 1. The molecule has 0 aliphatic carbocycles. The maximum absolute atomic E-state index is 11.4. The van der Waals surface area contributed by atoms with E-state index in [2.05, 4.69) is 5.32 Å². The second kappa shape index (κ2) is 9.87. The SMILES string of the molecule is CCOC(=O)NCC(CCCCO)c1ccc(Cl)c(Cl)c1. The van der Waals surface area contributed by atoms with Crippen molar-refractivity contribution in [3.63, 3.8) is 0 Å². The van der Waals surface area contributed by atoms with Crippen LogP contribution >= 0.6 is 23.2 Å². The fourth-order valence-corrected chi connectivity index (χ4v) is 2.35. The molecule has 1 rings (SSSR count). The summed E-state index contributed by atoms with van der Waals surface area (Å²) in [6.07, 6.45) is 2.01. The van der Waals surface area contributed by atoms with Gasteiger partial charge in [0.15, 0.2) is 0 Å². The third kappa shape index (κ3) is 6.55. The predicted octanol–water partition coefficient (Wildman–Crippen LogP) is 3.99. The highest BCUT2D eigenvalue weighted by Crippen LogP contribution is 2.28. The van der Waals surface area contributed by atoms with Gasteiger partial charge in [-0.1, -0.05) is 35.7 Å². The average Bonchev–Trinajstić information content (AvgIpc) is 2.46. The van der Waals surface area contributed by atoms with Gasteiger partial charge in [-0.05, 0) is 37.5 Å². The van der Waals surface area contributed by atoms with Crippen LogP contribution in [0.1, 0.15) is 37.7 Å². The first kappa shape index (κ1) is 18.1. The van der Waals surface area contributed by atoms with Gasteiger partial charge in [0.2, 0.25) is 0 Å². The smallest absolute Gasteiger partial charge is 0.407 e. The van der Waals surface area contributed by atoms with Crippen LogP contribution in [0, 0.1) is 0 Å². The zero-order valence-corrected chi connectivity index (χ0v) is 13.6. The zero-order valence-electron chi connectivity index (χ0n) is 12.1. The number of benzene rings is 1.